The highest BCUT2D eigenvalue weighted by Crippen LogP contribution is 2.17. The van der Waals surface area contributed by atoms with Crippen LogP contribution in [0.1, 0.15) is 11.3 Å². The molecule has 18 heavy (non-hydrogen) atoms. The Kier molecular flexibility index (Phi) is 5.98. The van der Waals surface area contributed by atoms with Crippen LogP contribution in [-0.2, 0) is 0 Å². The second kappa shape index (κ2) is 7.85. The Hall–Kier alpha value is -2.35. The van der Waals surface area contributed by atoms with E-state index in [0.717, 1.165) is 17.0 Å². The summed E-state index contributed by atoms with van der Waals surface area (Å²) in [6.45, 7) is 7.23. The van der Waals surface area contributed by atoms with E-state index in [1.807, 2.05) is 42.5 Å². The highest BCUT2D eigenvalue weighted by Gasteiger charge is 1.93. The van der Waals surface area contributed by atoms with Crippen LogP contribution in [0.25, 0.3) is 12.2 Å². The molecule has 0 N–H and O–H groups in total. The predicted octanol–water partition coefficient (Wildman–Crippen LogP) is 4.06. The molecule has 1 heterocycles. The van der Waals surface area contributed by atoms with Crippen molar-refractivity contribution in [2.45, 2.75) is 0 Å². The van der Waals surface area contributed by atoms with Crippen molar-refractivity contribution in [3.05, 3.63) is 73.1 Å². The van der Waals surface area contributed by atoms with E-state index in [-0.39, 0.29) is 0 Å². The summed E-state index contributed by atoms with van der Waals surface area (Å²) in [7, 11) is 1.66. The van der Waals surface area contributed by atoms with Crippen molar-refractivity contribution in [2.24, 2.45) is 0 Å². The normalized spacial score (nSPS) is 8.72. The van der Waals surface area contributed by atoms with Gasteiger partial charge in [-0.15, -0.1) is 0 Å². The van der Waals surface area contributed by atoms with Gasteiger partial charge >= 0.3 is 0 Å². The number of hydrogen-bond acceptors (Lipinski definition) is 2. The molecule has 0 atom stereocenters. The Balaban J connectivity index is 0.000000184. The molecule has 0 radical (unpaired) electrons. The van der Waals surface area contributed by atoms with Crippen LogP contribution < -0.4 is 4.74 Å². The predicted molar refractivity (Wildman–Crippen MR) is 77.4 cm³/mol. The molecule has 2 rings (SSSR count). The average molecular weight is 239 g/mol. The number of aromatic nitrogens is 1. The van der Waals surface area contributed by atoms with Crippen LogP contribution in [0.15, 0.2) is 61.8 Å². The second-order valence-corrected chi connectivity index (χ2v) is 3.40. The SMILES string of the molecule is C=Cc1ccccc1OC.C=Cc1ccccn1. The second-order valence-electron chi connectivity index (χ2n) is 3.40. The summed E-state index contributed by atoms with van der Waals surface area (Å²) in [5.41, 5.74) is 1.96. The van der Waals surface area contributed by atoms with Gasteiger partial charge in [0.2, 0.25) is 0 Å². The molecule has 2 nitrogen and oxygen atoms in total. The minimum absolute atomic E-state index is 0.873. The van der Waals surface area contributed by atoms with Crippen molar-refractivity contribution in [3.63, 3.8) is 0 Å². The monoisotopic (exact) mass is 239 g/mol. The molecule has 0 aliphatic heterocycles. The van der Waals surface area contributed by atoms with Crippen molar-refractivity contribution in [1.82, 2.24) is 4.98 Å². The van der Waals surface area contributed by atoms with Crippen molar-refractivity contribution < 1.29 is 4.74 Å². The summed E-state index contributed by atoms with van der Waals surface area (Å²) in [6, 6.07) is 13.5. The van der Waals surface area contributed by atoms with Crippen molar-refractivity contribution in [1.29, 1.82) is 0 Å². The standard InChI is InChI=1S/C9H10O.C7H7N/c1-3-8-6-4-5-7-9(8)10-2;1-2-7-5-3-4-6-8-7/h3-7H,1H2,2H3;2-6H,1H2. The molecule has 0 amide bonds. The molecule has 0 saturated heterocycles. The molecule has 2 aromatic rings. The third-order valence-electron chi connectivity index (χ3n) is 2.26. The first-order valence-corrected chi connectivity index (χ1v) is 5.60. The molecular formula is C16H17NO. The maximum atomic E-state index is 5.06. The minimum atomic E-state index is 0.873. The van der Waals surface area contributed by atoms with Crippen LogP contribution >= 0.6 is 0 Å². The van der Waals surface area contributed by atoms with E-state index in [0.29, 0.717) is 0 Å². The Labute approximate surface area is 108 Å². The Morgan fingerprint density at radius 1 is 1.00 bits per heavy atom. The molecule has 0 aliphatic carbocycles. The topological polar surface area (TPSA) is 22.1 Å². The first kappa shape index (κ1) is 13.7. The van der Waals surface area contributed by atoms with Crippen LogP contribution in [0.4, 0.5) is 0 Å². The van der Waals surface area contributed by atoms with E-state index in [2.05, 4.69) is 18.1 Å². The quantitative estimate of drug-likeness (QED) is 0.805. The summed E-state index contributed by atoms with van der Waals surface area (Å²) >= 11 is 0. The van der Waals surface area contributed by atoms with Gasteiger partial charge in [-0.05, 0) is 24.3 Å². The van der Waals surface area contributed by atoms with Crippen LogP contribution in [0.3, 0.4) is 0 Å². The molecule has 0 spiro atoms. The number of hydrogen-bond donors (Lipinski definition) is 0. The van der Waals surface area contributed by atoms with Gasteiger partial charge < -0.3 is 4.74 Å². The number of pyridine rings is 1. The summed E-state index contributed by atoms with van der Waals surface area (Å²) in [5, 5.41) is 0. The fourth-order valence-electron chi connectivity index (χ4n) is 1.33. The Bertz CT molecular complexity index is 491. The summed E-state index contributed by atoms with van der Waals surface area (Å²) < 4.78 is 5.06. The number of nitrogens with zero attached hydrogens (tertiary/aromatic N) is 1. The zero-order chi connectivity index (χ0) is 13.2. The molecule has 0 fully saturated rings. The number of para-hydroxylation sites is 1. The highest BCUT2D eigenvalue weighted by atomic mass is 16.5. The van der Waals surface area contributed by atoms with Gasteiger partial charge in [-0.3, -0.25) is 4.98 Å². The third kappa shape index (κ3) is 4.26. The van der Waals surface area contributed by atoms with E-state index < -0.39 is 0 Å². The average Bonchev–Trinajstić information content (AvgIpc) is 2.48. The van der Waals surface area contributed by atoms with Crippen LogP contribution in [0.2, 0.25) is 0 Å². The van der Waals surface area contributed by atoms with Gasteiger partial charge in [-0.25, -0.2) is 0 Å². The van der Waals surface area contributed by atoms with E-state index >= 15 is 0 Å². The van der Waals surface area contributed by atoms with E-state index in [1.54, 1.807) is 25.5 Å². The van der Waals surface area contributed by atoms with Gasteiger partial charge in [0.1, 0.15) is 5.75 Å². The number of benzene rings is 1. The van der Waals surface area contributed by atoms with Gasteiger partial charge in [-0.2, -0.15) is 0 Å². The lowest BCUT2D eigenvalue weighted by molar-refractivity contribution is 0.414. The van der Waals surface area contributed by atoms with Crippen molar-refractivity contribution in [2.75, 3.05) is 7.11 Å². The van der Waals surface area contributed by atoms with Crippen LogP contribution in [-0.4, -0.2) is 12.1 Å². The van der Waals surface area contributed by atoms with Gasteiger partial charge in [0.25, 0.3) is 0 Å². The fraction of sp³-hybridized carbons (Fsp3) is 0.0625. The Morgan fingerprint density at radius 2 is 1.72 bits per heavy atom. The maximum absolute atomic E-state index is 5.06. The van der Waals surface area contributed by atoms with Crippen molar-refractivity contribution in [3.8, 4) is 5.75 Å². The summed E-state index contributed by atoms with van der Waals surface area (Å²) in [6.07, 6.45) is 5.25. The molecule has 0 unspecified atom stereocenters. The lowest BCUT2D eigenvalue weighted by Crippen LogP contribution is -1.84. The molecular weight excluding hydrogens is 222 g/mol. The maximum Gasteiger partial charge on any atom is 0.126 e. The third-order valence-corrected chi connectivity index (χ3v) is 2.26. The largest absolute Gasteiger partial charge is 0.496 e. The molecule has 0 bridgehead atoms. The van der Waals surface area contributed by atoms with E-state index in [9.17, 15) is 0 Å². The Morgan fingerprint density at radius 3 is 2.17 bits per heavy atom. The van der Waals surface area contributed by atoms with E-state index in [4.69, 9.17) is 4.74 Å². The zero-order valence-corrected chi connectivity index (χ0v) is 10.5. The molecule has 2 heteroatoms. The minimum Gasteiger partial charge on any atom is -0.496 e. The molecule has 0 aliphatic rings. The summed E-state index contributed by atoms with van der Waals surface area (Å²) in [4.78, 5) is 3.98. The van der Waals surface area contributed by atoms with E-state index in [1.165, 1.54) is 0 Å². The number of rotatable bonds is 3. The molecule has 1 aromatic carbocycles. The van der Waals surface area contributed by atoms with Crippen LogP contribution in [0.5, 0.6) is 5.75 Å². The number of ether oxygens (including phenoxy) is 1. The van der Waals surface area contributed by atoms with Gasteiger partial charge in [0, 0.05) is 11.8 Å². The highest BCUT2D eigenvalue weighted by molar-refractivity contribution is 5.55. The smallest absolute Gasteiger partial charge is 0.126 e. The van der Waals surface area contributed by atoms with Gasteiger partial charge in [0.05, 0.1) is 12.8 Å². The van der Waals surface area contributed by atoms with Gasteiger partial charge in [-0.1, -0.05) is 43.5 Å². The first-order valence-electron chi connectivity index (χ1n) is 5.60. The summed E-state index contributed by atoms with van der Waals surface area (Å²) in [5.74, 6) is 0.873. The van der Waals surface area contributed by atoms with Gasteiger partial charge in [0.15, 0.2) is 0 Å². The molecule has 92 valence electrons. The molecule has 1 aromatic heterocycles. The van der Waals surface area contributed by atoms with Crippen LogP contribution in [0, 0.1) is 0 Å². The first-order chi connectivity index (χ1) is 8.81. The number of methoxy groups -OCH3 is 1. The van der Waals surface area contributed by atoms with Crippen molar-refractivity contribution >= 4 is 12.2 Å². The molecule has 0 saturated carbocycles. The lowest BCUT2D eigenvalue weighted by Gasteiger charge is -2.01. The zero-order valence-electron chi connectivity index (χ0n) is 10.5. The lowest BCUT2D eigenvalue weighted by atomic mass is 10.2. The fourth-order valence-corrected chi connectivity index (χ4v) is 1.33.